The van der Waals surface area contributed by atoms with Gasteiger partial charge in [-0.1, -0.05) is 42.8 Å². The highest BCUT2D eigenvalue weighted by Crippen LogP contribution is 2.34. The summed E-state index contributed by atoms with van der Waals surface area (Å²) in [6, 6.07) is 9.02. The molecule has 2 aliphatic rings. The summed E-state index contributed by atoms with van der Waals surface area (Å²) in [6.45, 7) is 0.753. The Hall–Kier alpha value is -1.000. The SMILES string of the molecule is COCCc1ccccc1NC1=NC2CCCCC2CS1. The van der Waals surface area contributed by atoms with E-state index in [1.165, 1.54) is 42.7 Å². The van der Waals surface area contributed by atoms with Gasteiger partial charge in [-0.3, -0.25) is 4.99 Å². The lowest BCUT2D eigenvalue weighted by Gasteiger charge is -2.33. The Morgan fingerprint density at radius 1 is 1.29 bits per heavy atom. The van der Waals surface area contributed by atoms with Crippen LogP contribution in [0.5, 0.6) is 0 Å². The van der Waals surface area contributed by atoms with E-state index in [1.807, 2.05) is 11.8 Å². The molecule has 0 spiro atoms. The zero-order valence-electron chi connectivity index (χ0n) is 12.7. The van der Waals surface area contributed by atoms with Gasteiger partial charge in [0.1, 0.15) is 0 Å². The van der Waals surface area contributed by atoms with Gasteiger partial charge in [0.25, 0.3) is 0 Å². The third-order valence-electron chi connectivity index (χ3n) is 4.42. The van der Waals surface area contributed by atoms with Gasteiger partial charge >= 0.3 is 0 Å². The molecule has 2 unspecified atom stereocenters. The smallest absolute Gasteiger partial charge is 0.161 e. The van der Waals surface area contributed by atoms with Crippen molar-refractivity contribution < 1.29 is 4.74 Å². The molecule has 0 amide bonds. The Kier molecular flexibility index (Phi) is 5.20. The van der Waals surface area contributed by atoms with E-state index in [4.69, 9.17) is 9.73 Å². The Bertz CT molecular complexity index is 503. The van der Waals surface area contributed by atoms with Crippen molar-refractivity contribution in [2.45, 2.75) is 38.1 Å². The first-order valence-electron chi connectivity index (χ1n) is 7.91. The fourth-order valence-electron chi connectivity index (χ4n) is 3.18. The second kappa shape index (κ2) is 7.32. The molecule has 2 atom stereocenters. The number of benzene rings is 1. The maximum absolute atomic E-state index is 5.20. The number of anilines is 1. The van der Waals surface area contributed by atoms with Crippen LogP contribution in [0.2, 0.25) is 0 Å². The number of hydrogen-bond donors (Lipinski definition) is 1. The fraction of sp³-hybridized carbons (Fsp3) is 0.588. The largest absolute Gasteiger partial charge is 0.384 e. The lowest BCUT2D eigenvalue weighted by molar-refractivity contribution is 0.202. The molecule has 3 rings (SSSR count). The Morgan fingerprint density at radius 3 is 3.05 bits per heavy atom. The highest BCUT2D eigenvalue weighted by molar-refractivity contribution is 8.14. The third kappa shape index (κ3) is 3.80. The number of thioether (sulfide) groups is 1. The number of nitrogens with one attached hydrogen (secondary N) is 1. The van der Waals surface area contributed by atoms with Gasteiger partial charge in [0.2, 0.25) is 0 Å². The molecule has 1 saturated carbocycles. The van der Waals surface area contributed by atoms with Crippen molar-refractivity contribution in [2.24, 2.45) is 10.9 Å². The van der Waals surface area contributed by atoms with Gasteiger partial charge < -0.3 is 10.1 Å². The molecule has 21 heavy (non-hydrogen) atoms. The molecule has 1 aromatic rings. The van der Waals surface area contributed by atoms with E-state index in [-0.39, 0.29) is 0 Å². The van der Waals surface area contributed by atoms with Crippen molar-refractivity contribution in [1.29, 1.82) is 0 Å². The maximum atomic E-state index is 5.20. The molecule has 1 fully saturated rings. The van der Waals surface area contributed by atoms with Gasteiger partial charge in [-0.25, -0.2) is 0 Å². The Morgan fingerprint density at radius 2 is 2.14 bits per heavy atom. The first-order valence-corrected chi connectivity index (χ1v) is 8.90. The molecular weight excluding hydrogens is 280 g/mol. The lowest BCUT2D eigenvalue weighted by atomic mass is 9.86. The predicted octanol–water partition coefficient (Wildman–Crippen LogP) is 3.95. The first-order chi connectivity index (χ1) is 10.4. The normalized spacial score (nSPS) is 25.1. The summed E-state index contributed by atoms with van der Waals surface area (Å²) in [6.07, 6.45) is 6.29. The molecule has 1 aliphatic carbocycles. The van der Waals surface area contributed by atoms with E-state index in [0.717, 1.165) is 24.1 Å². The quantitative estimate of drug-likeness (QED) is 0.914. The lowest BCUT2D eigenvalue weighted by Crippen LogP contribution is -2.31. The van der Waals surface area contributed by atoms with Crippen LogP contribution >= 0.6 is 11.8 Å². The molecule has 4 heteroatoms. The monoisotopic (exact) mass is 304 g/mol. The average molecular weight is 304 g/mol. The molecule has 0 saturated heterocycles. The second-order valence-electron chi connectivity index (χ2n) is 5.88. The van der Waals surface area contributed by atoms with Crippen LogP contribution in [-0.2, 0) is 11.2 Å². The van der Waals surface area contributed by atoms with Crippen molar-refractivity contribution in [3.63, 3.8) is 0 Å². The standard InChI is InChI=1S/C17H24N2OS/c1-20-11-10-13-6-2-4-8-15(13)18-17-19-16-9-5-3-7-14(16)12-21-17/h2,4,6,8,14,16H,3,5,7,9-12H2,1H3,(H,18,19). The summed E-state index contributed by atoms with van der Waals surface area (Å²) in [5.41, 5.74) is 2.48. The molecule has 0 bridgehead atoms. The van der Waals surface area contributed by atoms with E-state index in [0.29, 0.717) is 6.04 Å². The summed E-state index contributed by atoms with van der Waals surface area (Å²) < 4.78 is 5.20. The zero-order chi connectivity index (χ0) is 14.5. The van der Waals surface area contributed by atoms with Crippen molar-refractivity contribution in [1.82, 2.24) is 0 Å². The van der Waals surface area contributed by atoms with E-state index in [2.05, 4.69) is 29.6 Å². The highest BCUT2D eigenvalue weighted by Gasteiger charge is 2.29. The van der Waals surface area contributed by atoms with E-state index in [1.54, 1.807) is 7.11 Å². The summed E-state index contributed by atoms with van der Waals surface area (Å²) in [4.78, 5) is 4.96. The van der Waals surface area contributed by atoms with E-state index >= 15 is 0 Å². The average Bonchev–Trinajstić information content (AvgIpc) is 2.54. The number of amidine groups is 1. The number of aliphatic imine (C=N–C) groups is 1. The molecule has 0 radical (unpaired) electrons. The summed E-state index contributed by atoms with van der Waals surface area (Å²) in [5, 5.41) is 4.65. The zero-order valence-corrected chi connectivity index (χ0v) is 13.5. The van der Waals surface area contributed by atoms with Crippen molar-refractivity contribution in [2.75, 3.05) is 24.8 Å². The third-order valence-corrected chi connectivity index (χ3v) is 5.50. The van der Waals surface area contributed by atoms with Crippen LogP contribution in [0.4, 0.5) is 5.69 Å². The molecule has 1 aliphatic heterocycles. The minimum absolute atomic E-state index is 0.550. The molecule has 0 aromatic heterocycles. The van der Waals surface area contributed by atoms with E-state index < -0.39 is 0 Å². The van der Waals surface area contributed by atoms with E-state index in [9.17, 15) is 0 Å². The van der Waals surface area contributed by atoms with Crippen LogP contribution in [0.3, 0.4) is 0 Å². The fourth-order valence-corrected chi connectivity index (χ4v) is 4.33. The van der Waals surface area contributed by atoms with Gasteiger partial charge in [0, 0.05) is 18.6 Å². The number of fused-ring (bicyclic) bond motifs is 1. The number of nitrogens with zero attached hydrogens (tertiary/aromatic N) is 1. The van der Waals surface area contributed by atoms with Gasteiger partial charge in [-0.05, 0) is 36.8 Å². The van der Waals surface area contributed by atoms with Gasteiger partial charge in [-0.15, -0.1) is 0 Å². The van der Waals surface area contributed by atoms with Crippen LogP contribution in [0.15, 0.2) is 29.3 Å². The van der Waals surface area contributed by atoms with Crippen LogP contribution in [0.1, 0.15) is 31.2 Å². The number of para-hydroxylation sites is 1. The summed E-state index contributed by atoms with van der Waals surface area (Å²) >= 11 is 1.88. The second-order valence-corrected chi connectivity index (χ2v) is 6.89. The summed E-state index contributed by atoms with van der Waals surface area (Å²) in [7, 11) is 1.75. The van der Waals surface area contributed by atoms with Gasteiger partial charge in [0.15, 0.2) is 5.17 Å². The van der Waals surface area contributed by atoms with Crippen molar-refractivity contribution >= 4 is 22.6 Å². The van der Waals surface area contributed by atoms with Crippen LogP contribution in [-0.4, -0.2) is 30.7 Å². The maximum Gasteiger partial charge on any atom is 0.161 e. The summed E-state index contributed by atoms with van der Waals surface area (Å²) in [5.74, 6) is 2.02. The van der Waals surface area contributed by atoms with Crippen LogP contribution in [0.25, 0.3) is 0 Å². The van der Waals surface area contributed by atoms with Crippen molar-refractivity contribution in [3.05, 3.63) is 29.8 Å². The Balaban J connectivity index is 1.70. The van der Waals surface area contributed by atoms with Crippen molar-refractivity contribution in [3.8, 4) is 0 Å². The van der Waals surface area contributed by atoms with Crippen LogP contribution < -0.4 is 5.32 Å². The first kappa shape index (κ1) is 14.9. The minimum atomic E-state index is 0.550. The Labute approximate surface area is 131 Å². The molecule has 1 N–H and O–H groups in total. The number of hydrogen-bond acceptors (Lipinski definition) is 4. The molecule has 1 heterocycles. The molecular formula is C17H24N2OS. The number of rotatable bonds is 4. The molecule has 114 valence electrons. The molecule has 3 nitrogen and oxygen atoms in total. The van der Waals surface area contributed by atoms with Gasteiger partial charge in [0.05, 0.1) is 12.6 Å². The highest BCUT2D eigenvalue weighted by atomic mass is 32.2. The topological polar surface area (TPSA) is 33.6 Å². The van der Waals surface area contributed by atoms with Gasteiger partial charge in [-0.2, -0.15) is 0 Å². The minimum Gasteiger partial charge on any atom is -0.384 e. The predicted molar refractivity (Wildman–Crippen MR) is 91.3 cm³/mol. The number of methoxy groups -OCH3 is 1. The number of ether oxygens (including phenoxy) is 1. The van der Waals surface area contributed by atoms with Crippen LogP contribution in [0, 0.1) is 5.92 Å². The molecule has 1 aromatic carbocycles.